The van der Waals surface area contributed by atoms with E-state index in [1.165, 1.54) is 0 Å². The van der Waals surface area contributed by atoms with Gasteiger partial charge in [-0.15, -0.1) is 0 Å². The summed E-state index contributed by atoms with van der Waals surface area (Å²) in [6, 6.07) is 9.92. The lowest BCUT2D eigenvalue weighted by atomic mass is 10.1. The molecule has 1 aromatic carbocycles. The highest BCUT2D eigenvalue weighted by Crippen LogP contribution is 2.37. The molecule has 0 amide bonds. The minimum Gasteiger partial charge on any atom is -0.494 e. The lowest BCUT2D eigenvalue weighted by Gasteiger charge is -2.31. The summed E-state index contributed by atoms with van der Waals surface area (Å²) in [6.45, 7) is 5.61. The van der Waals surface area contributed by atoms with Crippen molar-refractivity contribution in [2.24, 2.45) is 0 Å². The summed E-state index contributed by atoms with van der Waals surface area (Å²) in [4.78, 5) is 15.8. The van der Waals surface area contributed by atoms with Gasteiger partial charge in [0, 0.05) is 43.6 Å². The monoisotopic (exact) mass is 448 g/mol. The second-order valence-corrected chi connectivity index (χ2v) is 7.94. The molecule has 163 valence electrons. The fraction of sp³-hybridized carbons (Fsp3) is 0.261. The van der Waals surface area contributed by atoms with Crippen molar-refractivity contribution in [1.82, 2.24) is 24.7 Å². The van der Waals surface area contributed by atoms with Crippen molar-refractivity contribution in [2.75, 3.05) is 43.5 Å². The molecule has 1 radical (unpaired) electrons. The average molecular weight is 449 g/mol. The van der Waals surface area contributed by atoms with Crippen LogP contribution < -0.4 is 20.3 Å². The summed E-state index contributed by atoms with van der Waals surface area (Å²) in [5.41, 5.74) is 5.24. The SMILES string of the molecule is COc1c(Nc2ncc(Cl)c(-c3cnc4ccccn34)n2)ccc(N2CC[N]CC2)c1C. The number of pyridine rings is 1. The molecule has 1 saturated heterocycles. The maximum absolute atomic E-state index is 6.45. The molecule has 0 spiro atoms. The van der Waals surface area contributed by atoms with Gasteiger partial charge in [-0.05, 0) is 31.2 Å². The molecule has 32 heavy (non-hydrogen) atoms. The molecular formula is C23H23ClN7O. The van der Waals surface area contributed by atoms with E-state index in [9.17, 15) is 0 Å². The number of nitrogens with zero attached hydrogens (tertiary/aromatic N) is 6. The van der Waals surface area contributed by atoms with Crippen LogP contribution in [0.1, 0.15) is 5.56 Å². The number of ether oxygens (including phenoxy) is 1. The van der Waals surface area contributed by atoms with Gasteiger partial charge in [-0.1, -0.05) is 17.7 Å². The fourth-order valence-electron chi connectivity index (χ4n) is 4.07. The van der Waals surface area contributed by atoms with Gasteiger partial charge in [-0.25, -0.2) is 20.3 Å². The number of hydrogen-bond acceptors (Lipinski definition) is 6. The van der Waals surface area contributed by atoms with Gasteiger partial charge in [0.1, 0.15) is 17.1 Å². The first kappa shape index (κ1) is 20.5. The smallest absolute Gasteiger partial charge is 0.227 e. The van der Waals surface area contributed by atoms with Gasteiger partial charge in [0.05, 0.1) is 35.9 Å². The maximum atomic E-state index is 6.45. The van der Waals surface area contributed by atoms with E-state index in [2.05, 4.69) is 43.5 Å². The topological polar surface area (TPSA) is 81.7 Å². The number of anilines is 3. The van der Waals surface area contributed by atoms with Crippen LogP contribution >= 0.6 is 11.6 Å². The van der Waals surface area contributed by atoms with Gasteiger partial charge in [0.15, 0.2) is 0 Å². The van der Waals surface area contributed by atoms with Crippen molar-refractivity contribution in [3.8, 4) is 17.1 Å². The molecule has 3 aromatic heterocycles. The highest BCUT2D eigenvalue weighted by molar-refractivity contribution is 6.32. The van der Waals surface area contributed by atoms with Crippen LogP contribution in [-0.2, 0) is 0 Å². The molecule has 0 atom stereocenters. The van der Waals surface area contributed by atoms with Crippen molar-refractivity contribution in [3.05, 3.63) is 59.5 Å². The number of nitrogens with one attached hydrogen (secondary N) is 1. The quantitative estimate of drug-likeness (QED) is 0.498. The zero-order chi connectivity index (χ0) is 22.1. The molecule has 1 N–H and O–H groups in total. The Hall–Kier alpha value is -3.36. The fourth-order valence-corrected chi connectivity index (χ4v) is 4.26. The Balaban J connectivity index is 1.49. The van der Waals surface area contributed by atoms with E-state index >= 15 is 0 Å². The molecule has 8 nitrogen and oxygen atoms in total. The van der Waals surface area contributed by atoms with Crippen LogP contribution in [0.2, 0.25) is 5.02 Å². The zero-order valence-corrected chi connectivity index (χ0v) is 18.7. The summed E-state index contributed by atoms with van der Waals surface area (Å²) >= 11 is 6.45. The number of methoxy groups -OCH3 is 1. The van der Waals surface area contributed by atoms with E-state index < -0.39 is 0 Å². The molecule has 1 fully saturated rings. The van der Waals surface area contributed by atoms with E-state index in [0.29, 0.717) is 16.7 Å². The molecule has 5 rings (SSSR count). The predicted molar refractivity (Wildman–Crippen MR) is 126 cm³/mol. The standard InChI is InChI=1S/C23H23ClN7O/c1-15-18(30-11-8-25-9-12-30)7-6-17(22(15)32-2)28-23-27-13-16(24)21(29-23)19-14-26-20-5-3-4-10-31(19)20/h3-7,10,13-14H,8-9,11-12H2,1-2H3,(H,27,28,29). The highest BCUT2D eigenvalue weighted by atomic mass is 35.5. The molecule has 0 saturated carbocycles. The highest BCUT2D eigenvalue weighted by Gasteiger charge is 2.19. The largest absolute Gasteiger partial charge is 0.494 e. The van der Waals surface area contributed by atoms with Crippen molar-refractivity contribution in [3.63, 3.8) is 0 Å². The molecule has 1 aliphatic rings. The maximum Gasteiger partial charge on any atom is 0.227 e. The van der Waals surface area contributed by atoms with Gasteiger partial charge >= 0.3 is 0 Å². The Morgan fingerprint density at radius 1 is 1.06 bits per heavy atom. The summed E-state index contributed by atoms with van der Waals surface area (Å²) in [6.07, 6.45) is 5.29. The number of imidazole rings is 1. The molecule has 0 unspecified atom stereocenters. The van der Waals surface area contributed by atoms with E-state index in [1.54, 1.807) is 19.5 Å². The van der Waals surface area contributed by atoms with Crippen LogP contribution in [0.25, 0.3) is 17.0 Å². The van der Waals surface area contributed by atoms with Gasteiger partial charge in [-0.3, -0.25) is 4.40 Å². The number of halogens is 1. The molecular weight excluding hydrogens is 426 g/mol. The Morgan fingerprint density at radius 3 is 2.72 bits per heavy atom. The summed E-state index contributed by atoms with van der Waals surface area (Å²) < 4.78 is 7.70. The molecule has 4 heterocycles. The van der Waals surface area contributed by atoms with Crippen LogP contribution in [0.3, 0.4) is 0 Å². The molecule has 0 bridgehead atoms. The van der Waals surface area contributed by atoms with Crippen LogP contribution in [0.5, 0.6) is 5.75 Å². The summed E-state index contributed by atoms with van der Waals surface area (Å²) in [7, 11) is 1.68. The number of aromatic nitrogens is 4. The first-order chi connectivity index (χ1) is 15.7. The van der Waals surface area contributed by atoms with Crippen molar-refractivity contribution >= 4 is 34.6 Å². The van der Waals surface area contributed by atoms with Crippen LogP contribution in [0, 0.1) is 6.92 Å². The third kappa shape index (κ3) is 3.72. The van der Waals surface area contributed by atoms with Crippen molar-refractivity contribution < 1.29 is 4.74 Å². The van der Waals surface area contributed by atoms with Gasteiger partial charge in [0.2, 0.25) is 5.95 Å². The minimum atomic E-state index is 0.428. The summed E-state index contributed by atoms with van der Waals surface area (Å²) in [5.74, 6) is 1.19. The summed E-state index contributed by atoms with van der Waals surface area (Å²) in [5, 5.41) is 8.19. The lowest BCUT2D eigenvalue weighted by molar-refractivity contribution is 0.413. The number of hydrogen-bond donors (Lipinski definition) is 1. The Labute approximate surface area is 191 Å². The van der Waals surface area contributed by atoms with E-state index in [1.807, 2.05) is 34.9 Å². The molecule has 1 aliphatic heterocycles. The van der Waals surface area contributed by atoms with Gasteiger partial charge in [0.25, 0.3) is 0 Å². The second-order valence-electron chi connectivity index (χ2n) is 7.54. The Kier molecular flexibility index (Phi) is 5.55. The average Bonchev–Trinajstić information content (AvgIpc) is 3.25. The Bertz CT molecular complexity index is 1270. The Morgan fingerprint density at radius 2 is 1.91 bits per heavy atom. The number of fused-ring (bicyclic) bond motifs is 1. The van der Waals surface area contributed by atoms with E-state index in [-0.39, 0.29) is 0 Å². The van der Waals surface area contributed by atoms with Crippen LogP contribution in [-0.4, -0.2) is 52.6 Å². The molecule has 9 heteroatoms. The lowest BCUT2D eigenvalue weighted by Crippen LogP contribution is -2.40. The second kappa shape index (κ2) is 8.64. The third-order valence-corrected chi connectivity index (χ3v) is 5.90. The van der Waals surface area contributed by atoms with Crippen molar-refractivity contribution in [1.29, 1.82) is 0 Å². The van der Waals surface area contributed by atoms with E-state index in [0.717, 1.165) is 60.2 Å². The zero-order valence-electron chi connectivity index (χ0n) is 17.9. The normalized spacial score (nSPS) is 14.0. The van der Waals surface area contributed by atoms with Crippen LogP contribution in [0.15, 0.2) is 48.9 Å². The minimum absolute atomic E-state index is 0.428. The van der Waals surface area contributed by atoms with E-state index in [4.69, 9.17) is 16.3 Å². The van der Waals surface area contributed by atoms with Crippen molar-refractivity contribution in [2.45, 2.75) is 6.92 Å². The third-order valence-electron chi connectivity index (χ3n) is 5.63. The van der Waals surface area contributed by atoms with Crippen LogP contribution in [0.4, 0.5) is 17.3 Å². The molecule has 4 aromatic rings. The first-order valence-electron chi connectivity index (χ1n) is 10.4. The number of benzene rings is 1. The number of rotatable bonds is 5. The predicted octanol–water partition coefficient (Wildman–Crippen LogP) is 3.93. The first-order valence-corrected chi connectivity index (χ1v) is 10.8. The van der Waals surface area contributed by atoms with Gasteiger partial charge in [-0.2, -0.15) is 0 Å². The number of piperazine rings is 1. The van der Waals surface area contributed by atoms with Gasteiger partial charge < -0.3 is 15.0 Å². The molecule has 0 aliphatic carbocycles.